The predicted molar refractivity (Wildman–Crippen MR) is 104 cm³/mol. The van der Waals surface area contributed by atoms with Gasteiger partial charge >= 0.3 is 0 Å². The highest BCUT2D eigenvalue weighted by atomic mass is 35.5. The van der Waals surface area contributed by atoms with Gasteiger partial charge in [0.15, 0.2) is 11.5 Å². The third-order valence-electron chi connectivity index (χ3n) is 4.97. The molecule has 3 rings (SSSR count). The van der Waals surface area contributed by atoms with E-state index in [0.717, 1.165) is 37.1 Å². The molecular formula is C19H30ClN3O3. The molecule has 0 aromatic heterocycles. The number of para-hydroxylation sites is 2. The van der Waals surface area contributed by atoms with Gasteiger partial charge in [-0.05, 0) is 64.0 Å². The van der Waals surface area contributed by atoms with Gasteiger partial charge in [0.05, 0.1) is 13.1 Å². The van der Waals surface area contributed by atoms with Crippen LogP contribution in [-0.2, 0) is 4.79 Å². The van der Waals surface area contributed by atoms with Crippen LogP contribution in [0.1, 0.15) is 19.3 Å². The van der Waals surface area contributed by atoms with E-state index in [1.165, 1.54) is 19.3 Å². The number of amides is 1. The highest BCUT2D eigenvalue weighted by molar-refractivity contribution is 5.85. The van der Waals surface area contributed by atoms with Gasteiger partial charge in [0, 0.05) is 0 Å². The van der Waals surface area contributed by atoms with Crippen LogP contribution in [0.25, 0.3) is 0 Å². The standard InChI is InChI=1S/C19H29N3O3.ClH/c1-20-9-6-15-7-10-22(11-8-15)13-19(23)21-12-16-14-24-17-4-2-3-5-18(17)25-16;/h2-5,15-16,20H,6-14H2,1H3,(H,21,23);1H. The van der Waals surface area contributed by atoms with Crippen molar-refractivity contribution in [3.8, 4) is 11.5 Å². The highest BCUT2D eigenvalue weighted by Crippen LogP contribution is 2.30. The lowest BCUT2D eigenvalue weighted by atomic mass is 9.93. The molecule has 146 valence electrons. The molecule has 1 amide bonds. The van der Waals surface area contributed by atoms with Crippen LogP contribution >= 0.6 is 12.4 Å². The normalized spacial score (nSPS) is 20.3. The molecule has 2 N–H and O–H groups in total. The van der Waals surface area contributed by atoms with E-state index in [1.54, 1.807) is 0 Å². The Morgan fingerprint density at radius 2 is 1.96 bits per heavy atom. The van der Waals surface area contributed by atoms with Crippen molar-refractivity contribution >= 4 is 18.3 Å². The smallest absolute Gasteiger partial charge is 0.234 e. The maximum absolute atomic E-state index is 12.2. The molecular weight excluding hydrogens is 354 g/mol. The van der Waals surface area contributed by atoms with Crippen LogP contribution in [-0.4, -0.2) is 63.3 Å². The summed E-state index contributed by atoms with van der Waals surface area (Å²) in [6.45, 7) is 4.52. The van der Waals surface area contributed by atoms with Gasteiger partial charge in [0.25, 0.3) is 0 Å². The van der Waals surface area contributed by atoms with Gasteiger partial charge in [-0.15, -0.1) is 12.4 Å². The van der Waals surface area contributed by atoms with Crippen molar-refractivity contribution in [2.45, 2.75) is 25.4 Å². The molecule has 1 aromatic rings. The highest BCUT2D eigenvalue weighted by Gasteiger charge is 2.23. The van der Waals surface area contributed by atoms with Gasteiger partial charge in [-0.3, -0.25) is 9.69 Å². The Kier molecular flexibility index (Phi) is 8.48. The first-order valence-corrected chi connectivity index (χ1v) is 9.26. The third-order valence-corrected chi connectivity index (χ3v) is 4.97. The summed E-state index contributed by atoms with van der Waals surface area (Å²) in [6, 6.07) is 7.63. The van der Waals surface area contributed by atoms with Gasteiger partial charge < -0.3 is 20.1 Å². The van der Waals surface area contributed by atoms with Crippen molar-refractivity contribution in [1.29, 1.82) is 0 Å². The molecule has 1 aromatic carbocycles. The van der Waals surface area contributed by atoms with E-state index in [0.29, 0.717) is 19.7 Å². The summed E-state index contributed by atoms with van der Waals surface area (Å²) in [5, 5.41) is 6.19. The number of nitrogens with zero attached hydrogens (tertiary/aromatic N) is 1. The van der Waals surface area contributed by atoms with E-state index in [2.05, 4.69) is 15.5 Å². The molecule has 0 bridgehead atoms. The Bertz CT molecular complexity index is 565. The second kappa shape index (κ2) is 10.6. The van der Waals surface area contributed by atoms with Gasteiger partial charge in [0.1, 0.15) is 12.7 Å². The number of nitrogens with one attached hydrogen (secondary N) is 2. The Hall–Kier alpha value is -1.50. The van der Waals surface area contributed by atoms with Gasteiger partial charge in [-0.1, -0.05) is 12.1 Å². The topological polar surface area (TPSA) is 62.8 Å². The van der Waals surface area contributed by atoms with Crippen molar-refractivity contribution < 1.29 is 14.3 Å². The van der Waals surface area contributed by atoms with Crippen LogP contribution in [0.4, 0.5) is 0 Å². The molecule has 6 nitrogen and oxygen atoms in total. The first-order valence-electron chi connectivity index (χ1n) is 9.26. The fourth-order valence-corrected chi connectivity index (χ4v) is 3.43. The minimum absolute atomic E-state index is 0. The van der Waals surface area contributed by atoms with E-state index in [-0.39, 0.29) is 24.4 Å². The molecule has 2 aliphatic heterocycles. The van der Waals surface area contributed by atoms with E-state index in [1.807, 2.05) is 31.3 Å². The van der Waals surface area contributed by atoms with Gasteiger partial charge in [0.2, 0.25) is 5.91 Å². The third kappa shape index (κ3) is 6.04. The summed E-state index contributed by atoms with van der Waals surface area (Å²) >= 11 is 0. The number of ether oxygens (including phenoxy) is 2. The summed E-state index contributed by atoms with van der Waals surface area (Å²) in [6.07, 6.45) is 3.47. The number of likely N-dealkylation sites (tertiary alicyclic amines) is 1. The number of fused-ring (bicyclic) bond motifs is 1. The Labute approximate surface area is 162 Å². The van der Waals surface area contributed by atoms with Gasteiger partial charge in [-0.25, -0.2) is 0 Å². The van der Waals surface area contributed by atoms with Crippen LogP contribution in [0.15, 0.2) is 24.3 Å². The summed E-state index contributed by atoms with van der Waals surface area (Å²) in [7, 11) is 2.00. The number of piperidine rings is 1. The number of halogens is 1. The zero-order chi connectivity index (χ0) is 17.5. The minimum atomic E-state index is -0.133. The van der Waals surface area contributed by atoms with Crippen molar-refractivity contribution in [2.24, 2.45) is 5.92 Å². The van der Waals surface area contributed by atoms with Crippen molar-refractivity contribution in [2.75, 3.05) is 46.4 Å². The summed E-state index contributed by atoms with van der Waals surface area (Å²) in [5.74, 6) is 2.37. The monoisotopic (exact) mass is 383 g/mol. The fraction of sp³-hybridized carbons (Fsp3) is 0.632. The largest absolute Gasteiger partial charge is 0.486 e. The van der Waals surface area contributed by atoms with Gasteiger partial charge in [-0.2, -0.15) is 0 Å². The van der Waals surface area contributed by atoms with Crippen LogP contribution in [0, 0.1) is 5.92 Å². The maximum Gasteiger partial charge on any atom is 0.234 e. The minimum Gasteiger partial charge on any atom is -0.486 e. The summed E-state index contributed by atoms with van der Waals surface area (Å²) in [4.78, 5) is 14.4. The number of carbonyl (C=O) groups excluding carboxylic acids is 1. The summed E-state index contributed by atoms with van der Waals surface area (Å²) in [5.41, 5.74) is 0. The van der Waals surface area contributed by atoms with E-state index < -0.39 is 0 Å². The maximum atomic E-state index is 12.2. The molecule has 0 aliphatic carbocycles. The number of rotatable bonds is 7. The van der Waals surface area contributed by atoms with Crippen LogP contribution in [0.5, 0.6) is 11.5 Å². The predicted octanol–water partition coefficient (Wildman–Crippen LogP) is 1.69. The van der Waals surface area contributed by atoms with Crippen LogP contribution in [0.2, 0.25) is 0 Å². The Morgan fingerprint density at radius 1 is 1.23 bits per heavy atom. The fourth-order valence-electron chi connectivity index (χ4n) is 3.43. The number of benzene rings is 1. The van der Waals surface area contributed by atoms with Crippen molar-refractivity contribution in [3.63, 3.8) is 0 Å². The Balaban J connectivity index is 0.00000243. The van der Waals surface area contributed by atoms with E-state index >= 15 is 0 Å². The average Bonchev–Trinajstić information content (AvgIpc) is 2.65. The quantitative estimate of drug-likeness (QED) is 0.750. The van der Waals surface area contributed by atoms with E-state index in [9.17, 15) is 4.79 Å². The first-order chi connectivity index (χ1) is 12.2. The lowest BCUT2D eigenvalue weighted by molar-refractivity contribution is -0.123. The molecule has 1 fully saturated rings. The second-order valence-corrected chi connectivity index (χ2v) is 6.91. The molecule has 26 heavy (non-hydrogen) atoms. The van der Waals surface area contributed by atoms with Crippen LogP contribution < -0.4 is 20.1 Å². The molecule has 1 atom stereocenters. The van der Waals surface area contributed by atoms with Crippen molar-refractivity contribution in [1.82, 2.24) is 15.5 Å². The SMILES string of the molecule is CNCCC1CCN(CC(=O)NCC2COc3ccccc3O2)CC1.Cl. The number of carbonyl (C=O) groups is 1. The number of hydrogen-bond donors (Lipinski definition) is 2. The molecule has 2 heterocycles. The lowest BCUT2D eigenvalue weighted by Gasteiger charge is -2.31. The molecule has 0 spiro atoms. The van der Waals surface area contributed by atoms with Crippen molar-refractivity contribution in [3.05, 3.63) is 24.3 Å². The first kappa shape index (κ1) is 20.8. The molecule has 0 saturated carbocycles. The van der Waals surface area contributed by atoms with Crippen LogP contribution in [0.3, 0.4) is 0 Å². The summed E-state index contributed by atoms with van der Waals surface area (Å²) < 4.78 is 11.5. The zero-order valence-corrected chi connectivity index (χ0v) is 16.2. The lowest BCUT2D eigenvalue weighted by Crippen LogP contribution is -2.45. The Morgan fingerprint density at radius 3 is 2.69 bits per heavy atom. The molecule has 1 saturated heterocycles. The average molecular weight is 384 g/mol. The second-order valence-electron chi connectivity index (χ2n) is 6.91. The molecule has 1 unspecified atom stereocenters. The molecule has 2 aliphatic rings. The van der Waals surface area contributed by atoms with E-state index in [4.69, 9.17) is 9.47 Å². The zero-order valence-electron chi connectivity index (χ0n) is 15.4. The molecule has 0 radical (unpaired) electrons. The number of hydrogen-bond acceptors (Lipinski definition) is 5. The molecule has 7 heteroatoms.